The number of anilines is 1. The maximum Gasteiger partial charge on any atom is 0.410 e. The maximum atomic E-state index is 13.5. The molecule has 3 aromatic rings. The largest absolute Gasteiger partial charge is 0.491 e. The molecule has 3 heterocycles. The molecule has 2 N–H and O–H groups in total. The number of carbonyl (C=O) groups excluding carboxylic acids is 6. The third-order valence-electron chi connectivity index (χ3n) is 9.31. The second-order valence-corrected chi connectivity index (χ2v) is 19.5. The van der Waals surface area contributed by atoms with Crippen LogP contribution in [0.3, 0.4) is 0 Å². The van der Waals surface area contributed by atoms with E-state index in [0.717, 1.165) is 0 Å². The molecule has 1 fully saturated rings. The van der Waals surface area contributed by atoms with Crippen molar-refractivity contribution >= 4 is 51.8 Å². The van der Waals surface area contributed by atoms with Crippen molar-refractivity contribution in [1.82, 2.24) is 20.0 Å². The Morgan fingerprint density at radius 2 is 1.43 bits per heavy atom. The Balaban J connectivity index is 1.23. The molecule has 2 aromatic carbocycles. The first kappa shape index (κ1) is 46.3. The zero-order valence-electron chi connectivity index (χ0n) is 36.7. The Hall–Kier alpha value is -5.75. The molecule has 17 nitrogen and oxygen atoms in total. The first-order valence-electron chi connectivity index (χ1n) is 20.4. The number of nitrogens with zero attached hydrogens (tertiary/aromatic N) is 4. The van der Waals surface area contributed by atoms with E-state index in [2.05, 4.69) is 10.6 Å². The van der Waals surface area contributed by atoms with Gasteiger partial charge in [0, 0.05) is 35.4 Å². The number of benzene rings is 2. The van der Waals surface area contributed by atoms with Crippen molar-refractivity contribution in [3.8, 4) is 5.75 Å². The summed E-state index contributed by atoms with van der Waals surface area (Å²) in [6.07, 6.45) is 2.33. The number of hydrogen-bond acceptors (Lipinski definition) is 11. The van der Waals surface area contributed by atoms with Gasteiger partial charge >= 0.3 is 18.2 Å². The standard InChI is InChI=1S/C43H58N6O11Si/c1-41(2,3)57-38(53)34(61)33(60-49-36(51)31-13-10-11-14-32(31)37(49)52)26-56-30-17-15-28(16-18-30)35(50)45-29-24-47(20-12-19-44-39(54)58-42(4,5)6)48(25-29)23-27-21-46(22-27)40(55)59-43(7,8)9/h10-11,13-18,24-25,27,33-34H,12,19-23,26H2,1-9,61H3,(H-,44,45,50,54)/p+1/t33-,34?/m0/s1. The molecule has 0 spiro atoms. The number of fused-ring (bicyclic) bond motifs is 1. The van der Waals surface area contributed by atoms with Crippen molar-refractivity contribution in [3.63, 3.8) is 0 Å². The number of amides is 5. The van der Waals surface area contributed by atoms with Crippen LogP contribution in [0.5, 0.6) is 5.75 Å². The quantitative estimate of drug-likeness (QED) is 0.0555. The molecule has 5 rings (SSSR count). The van der Waals surface area contributed by atoms with Crippen LogP contribution < -0.4 is 20.1 Å². The maximum absolute atomic E-state index is 13.5. The number of nitrogens with one attached hydrogen (secondary N) is 2. The fourth-order valence-corrected chi connectivity index (χ4v) is 6.82. The first-order valence-corrected chi connectivity index (χ1v) is 21.6. The summed E-state index contributed by atoms with van der Waals surface area (Å²) in [6, 6.07) is 12.7. The van der Waals surface area contributed by atoms with E-state index >= 15 is 0 Å². The number of esters is 1. The summed E-state index contributed by atoms with van der Waals surface area (Å²) in [4.78, 5) is 85.1. The van der Waals surface area contributed by atoms with Gasteiger partial charge in [0.2, 0.25) is 6.20 Å². The van der Waals surface area contributed by atoms with Crippen LogP contribution in [0, 0.1) is 5.92 Å². The third-order valence-corrected chi connectivity index (χ3v) is 10.5. The molecule has 1 saturated heterocycles. The highest BCUT2D eigenvalue weighted by atomic mass is 28.1. The van der Waals surface area contributed by atoms with E-state index in [1.165, 1.54) is 12.1 Å². The zero-order chi connectivity index (χ0) is 44.9. The van der Waals surface area contributed by atoms with Crippen LogP contribution in [0.1, 0.15) is 99.8 Å². The van der Waals surface area contributed by atoms with Crippen LogP contribution in [0.15, 0.2) is 60.9 Å². The Morgan fingerprint density at radius 3 is 2.00 bits per heavy atom. The lowest BCUT2D eigenvalue weighted by Crippen LogP contribution is -2.58. The molecule has 2 aliphatic rings. The summed E-state index contributed by atoms with van der Waals surface area (Å²) in [5.41, 5.74) is -1.50. The molecule has 1 unspecified atom stereocenters. The fraction of sp³-hybridized carbons (Fsp3) is 0.512. The molecular formula is C43H59N6O11Si+. The van der Waals surface area contributed by atoms with Crippen LogP contribution >= 0.6 is 0 Å². The number of hydrogen-bond donors (Lipinski definition) is 2. The molecule has 18 heteroatoms. The molecule has 1 aromatic heterocycles. The molecule has 2 atom stereocenters. The van der Waals surface area contributed by atoms with Gasteiger partial charge in [-0.3, -0.25) is 24.0 Å². The van der Waals surface area contributed by atoms with E-state index < -0.39 is 52.3 Å². The summed E-state index contributed by atoms with van der Waals surface area (Å²) in [5, 5.41) is 6.40. The summed E-state index contributed by atoms with van der Waals surface area (Å²) >= 11 is 0. The van der Waals surface area contributed by atoms with Crippen LogP contribution in [0.25, 0.3) is 0 Å². The predicted octanol–water partition coefficient (Wildman–Crippen LogP) is 4.28. The number of imide groups is 1. The lowest BCUT2D eigenvalue weighted by Gasteiger charge is -2.38. The Morgan fingerprint density at radius 1 is 0.836 bits per heavy atom. The molecule has 330 valence electrons. The van der Waals surface area contributed by atoms with Crippen molar-refractivity contribution in [2.24, 2.45) is 5.92 Å². The van der Waals surface area contributed by atoms with E-state index in [9.17, 15) is 28.8 Å². The summed E-state index contributed by atoms with van der Waals surface area (Å²) < 4.78 is 26.4. The number of hydroxylamine groups is 2. The smallest absolute Gasteiger partial charge is 0.410 e. The van der Waals surface area contributed by atoms with E-state index in [-0.39, 0.29) is 45.9 Å². The number of aryl methyl sites for hydroxylation is 1. The average molecular weight is 864 g/mol. The number of carbonyl (C=O) groups is 6. The van der Waals surface area contributed by atoms with Crippen molar-refractivity contribution in [2.75, 3.05) is 31.6 Å². The van der Waals surface area contributed by atoms with Gasteiger partial charge in [-0.15, -0.1) is 9.75 Å². The molecule has 0 aliphatic carbocycles. The number of ether oxygens (including phenoxy) is 4. The lowest BCUT2D eigenvalue weighted by atomic mass is 10.0. The van der Waals surface area contributed by atoms with Crippen molar-refractivity contribution < 1.29 is 57.2 Å². The molecule has 0 bridgehead atoms. The van der Waals surface area contributed by atoms with Crippen molar-refractivity contribution in [3.05, 3.63) is 77.6 Å². The van der Waals surface area contributed by atoms with Gasteiger partial charge in [-0.05, 0) is 105 Å². The van der Waals surface area contributed by atoms with Gasteiger partial charge in [-0.25, -0.2) is 9.59 Å². The molecule has 2 aliphatic heterocycles. The Bertz CT molecular complexity index is 2060. The van der Waals surface area contributed by atoms with E-state index in [0.29, 0.717) is 61.2 Å². The highest BCUT2D eigenvalue weighted by Crippen LogP contribution is 2.28. The van der Waals surface area contributed by atoms with Crippen molar-refractivity contribution in [1.29, 1.82) is 0 Å². The minimum absolute atomic E-state index is 0.161. The van der Waals surface area contributed by atoms with Gasteiger partial charge in [0.1, 0.15) is 41.0 Å². The van der Waals surface area contributed by atoms with E-state index in [1.54, 1.807) is 82.8 Å². The van der Waals surface area contributed by atoms with E-state index in [4.69, 9.17) is 23.8 Å². The summed E-state index contributed by atoms with van der Waals surface area (Å²) in [6.45, 7) is 18.4. The number of alkyl carbamates (subject to hydrolysis) is 1. The van der Waals surface area contributed by atoms with E-state index in [1.807, 2.05) is 42.5 Å². The highest BCUT2D eigenvalue weighted by Gasteiger charge is 2.41. The topological polar surface area (TPSA) is 188 Å². The Kier molecular flexibility index (Phi) is 14.3. The number of aromatic nitrogens is 2. The van der Waals surface area contributed by atoms with Gasteiger partial charge in [0.15, 0.2) is 6.54 Å². The predicted molar refractivity (Wildman–Crippen MR) is 226 cm³/mol. The second kappa shape index (κ2) is 18.9. The summed E-state index contributed by atoms with van der Waals surface area (Å²) in [5.74, 6) is -1.67. The molecular weight excluding hydrogens is 805 g/mol. The van der Waals surface area contributed by atoms with Crippen LogP contribution in [-0.2, 0) is 36.9 Å². The average Bonchev–Trinajstić information content (AvgIpc) is 3.62. The number of likely N-dealkylation sites (tertiary alicyclic amines) is 1. The first-order chi connectivity index (χ1) is 28.5. The molecule has 0 radical (unpaired) electrons. The van der Waals surface area contributed by atoms with Gasteiger partial charge in [-0.1, -0.05) is 12.1 Å². The number of rotatable bonds is 15. The van der Waals surface area contributed by atoms with Gasteiger partial charge in [-0.2, -0.15) is 4.68 Å². The molecule has 5 amide bonds. The zero-order valence-corrected chi connectivity index (χ0v) is 38.7. The Labute approximate surface area is 359 Å². The van der Waals surface area contributed by atoms with Crippen LogP contribution in [0.4, 0.5) is 15.3 Å². The third kappa shape index (κ3) is 13.1. The molecule has 61 heavy (non-hydrogen) atoms. The van der Waals surface area contributed by atoms with Crippen molar-refractivity contribution in [2.45, 2.75) is 110 Å². The van der Waals surface area contributed by atoms with Gasteiger partial charge < -0.3 is 34.5 Å². The second-order valence-electron chi connectivity index (χ2n) is 18.2. The van der Waals surface area contributed by atoms with Gasteiger partial charge in [0.25, 0.3) is 17.7 Å². The minimum atomic E-state index is -1.05. The lowest BCUT2D eigenvalue weighted by molar-refractivity contribution is -0.781. The van der Waals surface area contributed by atoms with Crippen LogP contribution in [-0.4, -0.2) is 110 Å². The van der Waals surface area contributed by atoms with Gasteiger partial charge in [0.05, 0.1) is 35.3 Å². The monoisotopic (exact) mass is 863 g/mol. The summed E-state index contributed by atoms with van der Waals surface area (Å²) in [7, 11) is 0.259. The molecule has 0 saturated carbocycles. The normalized spacial score (nSPS) is 15.4. The highest BCUT2D eigenvalue weighted by molar-refractivity contribution is 6.23. The fourth-order valence-electron chi connectivity index (χ4n) is 6.38. The minimum Gasteiger partial charge on any atom is -0.491 e. The SMILES string of the molecule is CC(C)(C)OC(=O)NCCCn1cc(NC(=O)c2ccc(OC[C@H](ON3C(=O)c4ccccc4C3=O)C([SiH3])C(=O)OC(C)(C)C)cc2)c[n+]1CC1CN(C(=O)OC(C)(C)C)C1. The van der Waals surface area contributed by atoms with Crippen LogP contribution in [0.2, 0.25) is 5.54 Å².